The maximum atomic E-state index is 6.60. The number of ether oxygens (including phenoxy) is 1. The van der Waals surface area contributed by atoms with Crippen LogP contribution in [0.2, 0.25) is 0 Å². The first kappa shape index (κ1) is 30.9. The van der Waals surface area contributed by atoms with Gasteiger partial charge in [0.2, 0.25) is 0 Å². The molecule has 0 fully saturated rings. The summed E-state index contributed by atoms with van der Waals surface area (Å²) in [6.45, 7) is 15.6. The van der Waals surface area contributed by atoms with Gasteiger partial charge in [-0.25, -0.2) is 4.98 Å². The summed E-state index contributed by atoms with van der Waals surface area (Å²) in [5.74, 6) is 2.13. The Morgan fingerprint density at radius 2 is 1.47 bits per heavy atom. The molecule has 6 heteroatoms. The fraction of sp³-hybridized carbons (Fsp3) is 0.231. The van der Waals surface area contributed by atoms with Crippen molar-refractivity contribution in [1.82, 2.24) is 9.55 Å². The van der Waals surface area contributed by atoms with Crippen LogP contribution in [0.25, 0.3) is 27.6 Å². The molecule has 0 radical (unpaired) electrons. The third-order valence-electron chi connectivity index (χ3n) is 8.38. The predicted octanol–water partition coefficient (Wildman–Crippen LogP) is 9.87. The Bertz CT molecular complexity index is 2020. The van der Waals surface area contributed by atoms with Crippen LogP contribution in [0.4, 0.5) is 17.1 Å². The van der Waals surface area contributed by atoms with Crippen molar-refractivity contribution >= 4 is 38.9 Å². The van der Waals surface area contributed by atoms with Gasteiger partial charge in [-0.3, -0.25) is 0 Å². The number of fused-ring (bicyclic) bond motifs is 4. The predicted molar refractivity (Wildman–Crippen MR) is 181 cm³/mol. The number of pyridine rings is 1. The molecule has 45 heavy (non-hydrogen) atoms. The second-order valence-electron chi connectivity index (χ2n) is 13.6. The van der Waals surface area contributed by atoms with Gasteiger partial charge in [-0.15, -0.1) is 47.0 Å². The summed E-state index contributed by atoms with van der Waals surface area (Å²) in [4.78, 5) is 9.04. The number of rotatable bonds is 4. The molecule has 0 saturated heterocycles. The first-order valence-corrected chi connectivity index (χ1v) is 15.1. The SMILES string of the molecule is CN1[CH-]N(c2[c-]c(Oc3[c-]c4c(cc3)c3ccccc3n4-c3ccccn3)cc(C(C)(C)C)c2)c2cc(C(C)(C)C)ccc21.[Pt]. The van der Waals surface area contributed by atoms with E-state index in [1.807, 2.05) is 30.5 Å². The van der Waals surface area contributed by atoms with Gasteiger partial charge in [0.15, 0.2) is 0 Å². The topological polar surface area (TPSA) is 33.5 Å². The molecule has 232 valence electrons. The van der Waals surface area contributed by atoms with Gasteiger partial charge in [0, 0.05) is 55.7 Å². The number of hydrogen-bond acceptors (Lipinski definition) is 4. The molecule has 6 aromatic rings. The third-order valence-corrected chi connectivity index (χ3v) is 8.38. The van der Waals surface area contributed by atoms with Crippen LogP contribution in [0.5, 0.6) is 11.5 Å². The fourth-order valence-corrected chi connectivity index (χ4v) is 5.89. The Balaban J connectivity index is 0.00000357. The van der Waals surface area contributed by atoms with Crippen LogP contribution >= 0.6 is 0 Å². The van der Waals surface area contributed by atoms with Gasteiger partial charge in [0.05, 0.1) is 0 Å². The number of hydrogen-bond donors (Lipinski definition) is 0. The van der Waals surface area contributed by atoms with Gasteiger partial charge in [-0.05, 0) is 59.2 Å². The summed E-state index contributed by atoms with van der Waals surface area (Å²) in [6, 6.07) is 36.7. The van der Waals surface area contributed by atoms with Gasteiger partial charge >= 0.3 is 0 Å². The molecule has 3 heterocycles. The molecular weight excluding hydrogens is 736 g/mol. The van der Waals surface area contributed by atoms with E-state index in [2.05, 4.69) is 147 Å². The summed E-state index contributed by atoms with van der Waals surface area (Å²) in [6.07, 6.45) is 1.82. The standard InChI is InChI=1S/C39H37N4O.Pt/c1-38(2,3)26-15-18-34-36(22-26)42(25-41(34)7)28-20-27(39(4,5)6)21-30(23-28)44-29-16-17-32-31-12-8-9-13-33(31)43(35(32)24-29)37-14-10-11-19-40-37;/h8-22,25H,1-7H3;/q-3;. The smallest absolute Gasteiger partial charge is 0.135 e. The van der Waals surface area contributed by atoms with Crippen LogP contribution in [0.15, 0.2) is 91.1 Å². The van der Waals surface area contributed by atoms with Crippen LogP contribution in [0.3, 0.4) is 0 Å². The molecule has 1 aliphatic heterocycles. The van der Waals surface area contributed by atoms with E-state index in [0.29, 0.717) is 11.5 Å². The van der Waals surface area contributed by atoms with Crippen molar-refractivity contribution in [3.8, 4) is 17.3 Å². The Morgan fingerprint density at radius 3 is 2.20 bits per heavy atom. The van der Waals surface area contributed by atoms with Crippen molar-refractivity contribution < 1.29 is 25.8 Å². The molecule has 2 aromatic heterocycles. The molecular formula is C39H37N4OPt-3. The normalized spacial score (nSPS) is 13.3. The first-order chi connectivity index (χ1) is 21.0. The summed E-state index contributed by atoms with van der Waals surface area (Å²) < 4.78 is 8.75. The summed E-state index contributed by atoms with van der Waals surface area (Å²) in [5, 5.41) is 2.26. The maximum Gasteiger partial charge on any atom is 0.135 e. The van der Waals surface area contributed by atoms with Crippen molar-refractivity contribution in [2.45, 2.75) is 52.4 Å². The minimum absolute atomic E-state index is 0. The molecule has 7 rings (SSSR count). The van der Waals surface area contributed by atoms with Crippen LogP contribution < -0.4 is 14.5 Å². The van der Waals surface area contributed by atoms with Gasteiger partial charge < -0.3 is 19.1 Å². The average Bonchev–Trinajstić information content (AvgIpc) is 3.50. The summed E-state index contributed by atoms with van der Waals surface area (Å²) in [7, 11) is 2.09. The fourth-order valence-electron chi connectivity index (χ4n) is 5.89. The van der Waals surface area contributed by atoms with E-state index in [9.17, 15) is 0 Å². The molecule has 0 aliphatic carbocycles. The molecule has 0 N–H and O–H groups in total. The van der Waals surface area contributed by atoms with E-state index in [1.54, 1.807) is 0 Å². The van der Waals surface area contributed by atoms with E-state index in [-0.39, 0.29) is 31.9 Å². The van der Waals surface area contributed by atoms with Gasteiger partial charge in [0.25, 0.3) is 0 Å². The number of aromatic nitrogens is 2. The molecule has 0 unspecified atom stereocenters. The Labute approximate surface area is 280 Å². The third kappa shape index (κ3) is 5.64. The van der Waals surface area contributed by atoms with Crippen LogP contribution in [0, 0.1) is 18.8 Å². The first-order valence-electron chi connectivity index (χ1n) is 15.1. The summed E-state index contributed by atoms with van der Waals surface area (Å²) >= 11 is 0. The van der Waals surface area contributed by atoms with E-state index in [0.717, 1.165) is 44.7 Å². The average molecular weight is 773 g/mol. The van der Waals surface area contributed by atoms with Crippen molar-refractivity contribution in [2.24, 2.45) is 0 Å². The van der Waals surface area contributed by atoms with Crippen LogP contribution in [-0.2, 0) is 31.9 Å². The van der Waals surface area contributed by atoms with Crippen molar-refractivity contribution in [1.29, 1.82) is 0 Å². The van der Waals surface area contributed by atoms with Crippen molar-refractivity contribution in [2.75, 3.05) is 16.8 Å². The molecule has 0 atom stereocenters. The molecule has 0 amide bonds. The molecule has 0 bridgehead atoms. The Hall–Kier alpha value is -4.08. The molecule has 5 nitrogen and oxygen atoms in total. The van der Waals surface area contributed by atoms with Crippen molar-refractivity contribution in [3.05, 3.63) is 121 Å². The zero-order valence-corrected chi connectivity index (χ0v) is 29.0. The van der Waals surface area contributed by atoms with E-state index in [1.165, 1.54) is 11.1 Å². The number of nitrogens with zero attached hydrogens (tertiary/aromatic N) is 4. The minimum atomic E-state index is -0.0945. The Morgan fingerprint density at radius 1 is 0.711 bits per heavy atom. The van der Waals surface area contributed by atoms with Crippen LogP contribution in [-0.4, -0.2) is 16.6 Å². The minimum Gasteiger partial charge on any atom is -0.509 e. The molecule has 1 aliphatic rings. The van der Waals surface area contributed by atoms with Crippen LogP contribution in [0.1, 0.15) is 52.7 Å². The molecule has 0 saturated carbocycles. The zero-order valence-electron chi connectivity index (χ0n) is 26.8. The second-order valence-corrected chi connectivity index (χ2v) is 13.6. The van der Waals surface area contributed by atoms with Gasteiger partial charge in [-0.1, -0.05) is 77.4 Å². The van der Waals surface area contributed by atoms with E-state index in [4.69, 9.17) is 4.74 Å². The van der Waals surface area contributed by atoms with Crippen molar-refractivity contribution in [3.63, 3.8) is 0 Å². The van der Waals surface area contributed by atoms with E-state index < -0.39 is 0 Å². The van der Waals surface area contributed by atoms with Gasteiger partial charge in [-0.2, -0.15) is 12.7 Å². The monoisotopic (exact) mass is 772 g/mol. The number of para-hydroxylation sites is 1. The zero-order chi connectivity index (χ0) is 30.8. The quantitative estimate of drug-likeness (QED) is 0.167. The number of benzene rings is 4. The largest absolute Gasteiger partial charge is 0.509 e. The van der Waals surface area contributed by atoms with E-state index >= 15 is 0 Å². The van der Waals surface area contributed by atoms with Gasteiger partial charge in [0.1, 0.15) is 5.82 Å². The summed E-state index contributed by atoms with van der Waals surface area (Å²) in [5.41, 5.74) is 7.65. The second kappa shape index (κ2) is 11.4. The number of anilines is 3. The molecule has 0 spiro atoms. The Kier molecular flexibility index (Phi) is 7.81. The maximum absolute atomic E-state index is 6.60. The molecule has 4 aromatic carbocycles.